The standard InChI is InChI=1S/C35H34ClF3N8O6/c36-24-8-6-23(7-9-24)34(13-14-34)47-32-44-31(45-33(46-32)53-19-35(37,38)39)42-25-10-4-22(5-11-25)28(49)43-26(30(51)52)12-15-41-29(50)27(48)17-20-2-1-3-21(16-20)18-40/h1-11,16,26H,12-15,17-19,40H2,(H,41,50)(H,43,49)(H,51,52)(H2,42,44,45,46,47)/t26-/m0/s1. The minimum Gasteiger partial charge on any atom is -0.480 e. The number of Topliss-reactive ketones (excluding diaryl/α,β-unsaturated/α-hetero) is 1. The largest absolute Gasteiger partial charge is 0.480 e. The van der Waals surface area contributed by atoms with Gasteiger partial charge in [-0.25, -0.2) is 4.79 Å². The van der Waals surface area contributed by atoms with E-state index in [1.807, 2.05) is 12.1 Å². The molecule has 0 bridgehead atoms. The molecule has 1 fully saturated rings. The summed E-state index contributed by atoms with van der Waals surface area (Å²) in [7, 11) is 0. The van der Waals surface area contributed by atoms with E-state index in [2.05, 4.69) is 36.2 Å². The number of aromatic nitrogens is 3. The Hall–Kier alpha value is -5.81. The van der Waals surface area contributed by atoms with Crippen LogP contribution in [0.2, 0.25) is 5.02 Å². The van der Waals surface area contributed by atoms with Gasteiger partial charge in [0.1, 0.15) is 6.04 Å². The van der Waals surface area contributed by atoms with E-state index in [9.17, 15) is 37.5 Å². The third-order valence-electron chi connectivity index (χ3n) is 8.05. The first-order chi connectivity index (χ1) is 25.2. The Bertz CT molecular complexity index is 1960. The number of amides is 2. The Morgan fingerprint density at radius 3 is 2.26 bits per heavy atom. The maximum absolute atomic E-state index is 12.9. The van der Waals surface area contributed by atoms with Crippen LogP contribution in [0.15, 0.2) is 72.8 Å². The third kappa shape index (κ3) is 11.1. The number of ether oxygens (including phenoxy) is 1. The molecule has 0 aliphatic heterocycles. The molecule has 14 nitrogen and oxygen atoms in total. The molecule has 1 aliphatic carbocycles. The molecule has 2 amide bonds. The van der Waals surface area contributed by atoms with E-state index < -0.39 is 53.9 Å². The molecule has 3 aromatic carbocycles. The number of carbonyl (C=O) groups excluding carboxylic acids is 3. The zero-order chi connectivity index (χ0) is 38.2. The molecule has 1 aliphatic rings. The number of halogens is 4. The van der Waals surface area contributed by atoms with Crippen molar-refractivity contribution in [2.24, 2.45) is 5.73 Å². The predicted octanol–water partition coefficient (Wildman–Crippen LogP) is 4.27. The van der Waals surface area contributed by atoms with Gasteiger partial charge in [0.25, 0.3) is 11.8 Å². The highest BCUT2D eigenvalue weighted by atomic mass is 35.5. The van der Waals surface area contributed by atoms with Crippen LogP contribution in [-0.2, 0) is 32.9 Å². The zero-order valence-electron chi connectivity index (χ0n) is 27.9. The number of hydrogen-bond donors (Lipinski definition) is 6. The summed E-state index contributed by atoms with van der Waals surface area (Å²) < 4.78 is 43.6. The number of anilines is 3. The highest BCUT2D eigenvalue weighted by Gasteiger charge is 2.45. The van der Waals surface area contributed by atoms with Gasteiger partial charge in [0, 0.05) is 35.8 Å². The highest BCUT2D eigenvalue weighted by Crippen LogP contribution is 2.48. The molecule has 1 saturated carbocycles. The topological polar surface area (TPSA) is 211 Å². The average Bonchev–Trinajstić information content (AvgIpc) is 3.90. The maximum Gasteiger partial charge on any atom is 0.422 e. The molecule has 4 aromatic rings. The fourth-order valence-corrected chi connectivity index (χ4v) is 5.29. The van der Waals surface area contributed by atoms with Gasteiger partial charge in [0.2, 0.25) is 17.7 Å². The molecular formula is C35H34ClF3N8O6. The molecule has 18 heteroatoms. The van der Waals surface area contributed by atoms with Crippen LogP contribution in [0.4, 0.5) is 30.8 Å². The summed E-state index contributed by atoms with van der Waals surface area (Å²) in [5, 5.41) is 21.0. The number of nitrogens with zero attached hydrogens (tertiary/aromatic N) is 3. The average molecular weight is 755 g/mol. The first kappa shape index (κ1) is 38.4. The van der Waals surface area contributed by atoms with Gasteiger partial charge in [-0.05, 0) is 72.4 Å². The number of benzene rings is 3. The van der Waals surface area contributed by atoms with E-state index in [0.717, 1.165) is 11.1 Å². The number of carboxylic acid groups (broad SMARTS) is 1. The molecule has 0 radical (unpaired) electrons. The second-order valence-corrected chi connectivity index (χ2v) is 12.6. The van der Waals surface area contributed by atoms with Crippen LogP contribution in [0.1, 0.15) is 46.3 Å². The van der Waals surface area contributed by atoms with Crippen molar-refractivity contribution in [3.05, 3.63) is 100 Å². The molecule has 1 heterocycles. The van der Waals surface area contributed by atoms with Gasteiger partial charge in [-0.15, -0.1) is 0 Å². The maximum atomic E-state index is 12.9. The molecule has 7 N–H and O–H groups in total. The van der Waals surface area contributed by atoms with Gasteiger partial charge < -0.3 is 36.8 Å². The lowest BCUT2D eigenvalue weighted by Gasteiger charge is -2.19. The fourth-order valence-electron chi connectivity index (χ4n) is 5.17. The summed E-state index contributed by atoms with van der Waals surface area (Å²) in [5.74, 6) is -3.90. The summed E-state index contributed by atoms with van der Waals surface area (Å²) in [6.45, 7) is -1.56. The summed E-state index contributed by atoms with van der Waals surface area (Å²) in [5.41, 5.74) is 7.75. The molecule has 0 spiro atoms. The van der Waals surface area contributed by atoms with Crippen LogP contribution in [0, 0.1) is 0 Å². The van der Waals surface area contributed by atoms with E-state index in [1.165, 1.54) is 24.3 Å². The first-order valence-electron chi connectivity index (χ1n) is 16.2. The first-order valence-corrected chi connectivity index (χ1v) is 16.6. The summed E-state index contributed by atoms with van der Waals surface area (Å²) in [6, 6.07) is 17.7. The minimum atomic E-state index is -4.64. The van der Waals surface area contributed by atoms with Gasteiger partial charge in [-0.3, -0.25) is 14.4 Å². The van der Waals surface area contributed by atoms with Crippen LogP contribution >= 0.6 is 11.6 Å². The molecule has 5 rings (SSSR count). The monoisotopic (exact) mass is 754 g/mol. The van der Waals surface area contributed by atoms with E-state index in [-0.39, 0.29) is 43.4 Å². The Morgan fingerprint density at radius 1 is 0.943 bits per heavy atom. The van der Waals surface area contributed by atoms with Crippen molar-refractivity contribution in [3.8, 4) is 6.01 Å². The predicted molar refractivity (Wildman–Crippen MR) is 187 cm³/mol. The quantitative estimate of drug-likeness (QED) is 0.0835. The Kier molecular flexibility index (Phi) is 12.1. The van der Waals surface area contributed by atoms with E-state index in [1.54, 1.807) is 36.4 Å². The minimum absolute atomic E-state index is 0.0410. The number of carboxylic acids is 1. The van der Waals surface area contributed by atoms with Crippen molar-refractivity contribution in [1.29, 1.82) is 0 Å². The van der Waals surface area contributed by atoms with E-state index >= 15 is 0 Å². The molecule has 0 unspecified atom stereocenters. The summed E-state index contributed by atoms with van der Waals surface area (Å²) in [4.78, 5) is 61.7. The summed E-state index contributed by atoms with van der Waals surface area (Å²) >= 11 is 6.02. The lowest BCUT2D eigenvalue weighted by Crippen LogP contribution is -2.43. The van der Waals surface area contributed by atoms with Crippen molar-refractivity contribution >= 4 is 52.8 Å². The molecule has 278 valence electrons. The normalized spacial score (nSPS) is 13.7. The highest BCUT2D eigenvalue weighted by molar-refractivity contribution is 6.36. The lowest BCUT2D eigenvalue weighted by molar-refractivity contribution is -0.154. The lowest BCUT2D eigenvalue weighted by atomic mass is 10.1. The molecule has 1 aromatic heterocycles. The smallest absolute Gasteiger partial charge is 0.422 e. The van der Waals surface area contributed by atoms with Crippen molar-refractivity contribution < 1.29 is 42.2 Å². The third-order valence-corrected chi connectivity index (χ3v) is 8.30. The van der Waals surface area contributed by atoms with Crippen LogP contribution in [0.3, 0.4) is 0 Å². The molecule has 1 atom stereocenters. The zero-order valence-corrected chi connectivity index (χ0v) is 28.6. The number of nitrogens with one attached hydrogen (secondary N) is 4. The van der Waals surface area contributed by atoms with Crippen molar-refractivity contribution in [2.75, 3.05) is 23.8 Å². The van der Waals surface area contributed by atoms with E-state index in [4.69, 9.17) is 22.1 Å². The SMILES string of the molecule is NCc1cccc(CC(=O)C(=O)NCC[C@H](NC(=O)c2ccc(Nc3nc(NC4(c5ccc(Cl)cc5)CC4)nc(OCC(F)(F)F)n3)cc2)C(=O)O)c1. The fraction of sp³-hybridized carbons (Fsp3) is 0.286. The van der Waals surface area contributed by atoms with E-state index in [0.29, 0.717) is 29.1 Å². The number of rotatable bonds is 17. The summed E-state index contributed by atoms with van der Waals surface area (Å²) in [6.07, 6.45) is -3.61. The van der Waals surface area contributed by atoms with Gasteiger partial charge in [0.15, 0.2) is 6.61 Å². The van der Waals surface area contributed by atoms with Crippen LogP contribution < -0.4 is 31.7 Å². The van der Waals surface area contributed by atoms with Gasteiger partial charge in [-0.2, -0.15) is 28.1 Å². The molecule has 53 heavy (non-hydrogen) atoms. The van der Waals surface area contributed by atoms with Gasteiger partial charge in [-0.1, -0.05) is 48.0 Å². The Morgan fingerprint density at radius 2 is 1.62 bits per heavy atom. The van der Waals surface area contributed by atoms with Gasteiger partial charge >= 0.3 is 18.2 Å². The van der Waals surface area contributed by atoms with Crippen molar-refractivity contribution in [1.82, 2.24) is 25.6 Å². The molecule has 0 saturated heterocycles. The van der Waals surface area contributed by atoms with Crippen LogP contribution in [0.25, 0.3) is 0 Å². The van der Waals surface area contributed by atoms with Crippen LogP contribution in [0.5, 0.6) is 6.01 Å². The Balaban J connectivity index is 1.19. The van der Waals surface area contributed by atoms with Crippen molar-refractivity contribution in [3.63, 3.8) is 0 Å². The number of nitrogens with two attached hydrogens (primary N) is 1. The number of ketones is 1. The van der Waals surface area contributed by atoms with Crippen molar-refractivity contribution in [2.45, 2.75) is 50.0 Å². The number of alkyl halides is 3. The number of carbonyl (C=O) groups is 4. The van der Waals surface area contributed by atoms with Gasteiger partial charge in [0.05, 0.1) is 5.54 Å². The Labute approximate surface area is 305 Å². The van der Waals surface area contributed by atoms with Crippen LogP contribution in [-0.4, -0.2) is 69.0 Å². The molecular weight excluding hydrogens is 721 g/mol. The number of aliphatic carboxylic acids is 1. The number of hydrogen-bond acceptors (Lipinski definition) is 11. The second-order valence-electron chi connectivity index (χ2n) is 12.1. The second kappa shape index (κ2) is 16.7.